The highest BCUT2D eigenvalue weighted by Crippen LogP contribution is 2.33. The first kappa shape index (κ1) is 26.4. The Bertz CT molecular complexity index is 1320. The predicted octanol–water partition coefficient (Wildman–Crippen LogP) is 2.53. The van der Waals surface area contributed by atoms with Crippen LogP contribution in [0.2, 0.25) is 0 Å². The number of pyridine rings is 1. The van der Waals surface area contributed by atoms with Crippen molar-refractivity contribution >= 4 is 34.6 Å². The Morgan fingerprint density at radius 1 is 1.03 bits per heavy atom. The third-order valence-electron chi connectivity index (χ3n) is 5.98. The molecule has 1 unspecified atom stereocenters. The van der Waals surface area contributed by atoms with E-state index in [-0.39, 0.29) is 16.9 Å². The van der Waals surface area contributed by atoms with Gasteiger partial charge in [-0.2, -0.15) is 0 Å². The molecule has 9 nitrogen and oxygen atoms in total. The van der Waals surface area contributed by atoms with Crippen LogP contribution in [0.5, 0.6) is 0 Å². The van der Waals surface area contributed by atoms with Crippen LogP contribution in [0, 0.1) is 5.92 Å². The summed E-state index contributed by atoms with van der Waals surface area (Å²) in [7, 11) is -5.68. The van der Waals surface area contributed by atoms with Crippen molar-refractivity contribution < 1.29 is 23.3 Å². The maximum absolute atomic E-state index is 13.1. The number of sulfonamides is 1. The number of anilines is 2. The fraction of sp³-hybridized carbons (Fsp3) is 0.231. The average molecular weight is 520 g/mol. The minimum atomic E-state index is -3.97. The second-order valence-electron chi connectivity index (χ2n) is 8.99. The molecule has 0 saturated heterocycles. The molecule has 1 aliphatic rings. The van der Waals surface area contributed by atoms with Crippen LogP contribution in [0.4, 0.5) is 11.5 Å². The Balaban J connectivity index is 1.49. The van der Waals surface area contributed by atoms with Gasteiger partial charge in [0.2, 0.25) is 5.91 Å². The molecule has 2 aromatic carbocycles. The van der Waals surface area contributed by atoms with Crippen LogP contribution in [0.1, 0.15) is 24.8 Å². The third kappa shape index (κ3) is 7.91. The van der Waals surface area contributed by atoms with Gasteiger partial charge in [-0.1, -0.05) is 49.2 Å². The van der Waals surface area contributed by atoms with E-state index in [1.54, 1.807) is 30.5 Å². The van der Waals surface area contributed by atoms with Crippen LogP contribution >= 0.6 is 0 Å². The minimum Gasteiger partial charge on any atom is -0.426 e. The van der Waals surface area contributed by atoms with Crippen molar-refractivity contribution in [3.05, 3.63) is 96.3 Å². The molecule has 1 saturated carbocycles. The second-order valence-corrected chi connectivity index (χ2v) is 10.7. The molecule has 37 heavy (non-hydrogen) atoms. The zero-order chi connectivity index (χ0) is 26.3. The zero-order valence-corrected chi connectivity index (χ0v) is 20.9. The largest absolute Gasteiger partial charge is 0.475 e. The highest BCUT2D eigenvalue weighted by molar-refractivity contribution is 7.89. The lowest BCUT2D eigenvalue weighted by molar-refractivity contribution is -0.118. The van der Waals surface area contributed by atoms with Gasteiger partial charge in [0, 0.05) is 30.1 Å². The van der Waals surface area contributed by atoms with E-state index in [2.05, 4.69) is 20.3 Å². The minimum absolute atomic E-state index is 0.0205. The van der Waals surface area contributed by atoms with Gasteiger partial charge >= 0.3 is 7.12 Å². The van der Waals surface area contributed by atoms with E-state index in [9.17, 15) is 23.3 Å². The molecular weight excluding hydrogens is 491 g/mol. The number of amides is 1. The molecule has 192 valence electrons. The number of hydrogen-bond acceptors (Lipinski definition) is 7. The molecular formula is C26H29BN4O5S. The van der Waals surface area contributed by atoms with Gasteiger partial charge in [0.1, 0.15) is 5.82 Å². The summed E-state index contributed by atoms with van der Waals surface area (Å²) in [6.45, 7) is 0. The van der Waals surface area contributed by atoms with E-state index in [1.165, 1.54) is 12.1 Å². The zero-order valence-electron chi connectivity index (χ0n) is 20.1. The molecule has 0 spiro atoms. The number of rotatable bonds is 12. The molecule has 1 aromatic heterocycles. The topological polar surface area (TPSA) is 141 Å². The number of aromatic nitrogens is 1. The second kappa shape index (κ2) is 12.0. The lowest BCUT2D eigenvalue weighted by atomic mass is 9.76. The van der Waals surface area contributed by atoms with Crippen LogP contribution in [0.15, 0.2) is 95.7 Å². The summed E-state index contributed by atoms with van der Waals surface area (Å²) in [5.74, 6) is -0.429. The van der Waals surface area contributed by atoms with Crippen molar-refractivity contribution in [3.63, 3.8) is 0 Å². The smallest absolute Gasteiger partial charge is 0.426 e. The van der Waals surface area contributed by atoms with Gasteiger partial charge in [0.05, 0.1) is 10.8 Å². The Morgan fingerprint density at radius 2 is 1.73 bits per heavy atom. The first-order valence-corrected chi connectivity index (χ1v) is 13.5. The van der Waals surface area contributed by atoms with Gasteiger partial charge in [-0.05, 0) is 54.3 Å². The summed E-state index contributed by atoms with van der Waals surface area (Å²) in [5.41, 5.74) is 1.61. The average Bonchev–Trinajstić information content (AvgIpc) is 3.72. The predicted molar refractivity (Wildman–Crippen MR) is 142 cm³/mol. The molecule has 4 rings (SSSR count). The lowest BCUT2D eigenvalue weighted by Crippen LogP contribution is -2.47. The molecule has 1 aliphatic carbocycles. The Kier molecular flexibility index (Phi) is 8.60. The van der Waals surface area contributed by atoms with Gasteiger partial charge in [-0.15, -0.1) is 0 Å². The first-order chi connectivity index (χ1) is 17.8. The number of nitrogens with one attached hydrogen (secondary N) is 3. The summed E-state index contributed by atoms with van der Waals surface area (Å²) in [5, 5.41) is 25.2. The van der Waals surface area contributed by atoms with Crippen molar-refractivity contribution in [1.82, 2.24) is 15.0 Å². The maximum Gasteiger partial charge on any atom is 0.475 e. The molecule has 1 fully saturated rings. The normalized spacial score (nSPS) is 14.5. The molecule has 11 heteroatoms. The number of hydrogen-bond donors (Lipinski definition) is 5. The maximum atomic E-state index is 13.1. The van der Waals surface area contributed by atoms with Gasteiger partial charge in [0.15, 0.2) is 0 Å². The van der Waals surface area contributed by atoms with Crippen molar-refractivity contribution in [2.75, 3.05) is 5.32 Å². The third-order valence-corrected chi connectivity index (χ3v) is 7.30. The number of carbonyl (C=O) groups excluding carboxylic acids is 1. The van der Waals surface area contributed by atoms with Crippen molar-refractivity contribution in [1.29, 1.82) is 0 Å². The molecule has 0 aliphatic heterocycles. The van der Waals surface area contributed by atoms with Crippen LogP contribution in [0.25, 0.3) is 0 Å². The molecule has 0 radical (unpaired) electrons. The van der Waals surface area contributed by atoms with Crippen LogP contribution in [-0.4, -0.2) is 42.4 Å². The van der Waals surface area contributed by atoms with Crippen LogP contribution in [-0.2, 0) is 21.2 Å². The quantitative estimate of drug-likeness (QED) is 0.183. The van der Waals surface area contributed by atoms with E-state index >= 15 is 0 Å². The molecule has 0 bridgehead atoms. The van der Waals surface area contributed by atoms with Gasteiger partial charge in [-0.25, -0.2) is 13.4 Å². The highest BCUT2D eigenvalue weighted by atomic mass is 32.2. The molecule has 1 atom stereocenters. The molecule has 5 N–H and O–H groups in total. The van der Waals surface area contributed by atoms with Crippen LogP contribution in [0.3, 0.4) is 0 Å². The summed E-state index contributed by atoms with van der Waals surface area (Å²) in [6, 6.07) is 20.7. The number of carbonyl (C=O) groups is 1. The standard InChI is InChI=1S/C26H29BN4O5S/c32-26(31-24(27(33)34)17-20-9-10-20)21(16-19-6-2-1-3-7-19)18-29-37(35,36)23-13-11-22(12-14-23)30-25-8-4-5-15-28-25/h1-8,11-15,18,20,24,29,33-34H,9-10,16-17H2,(H,28,30)(H,31,32)/b21-18+. The number of benzene rings is 2. The highest BCUT2D eigenvalue weighted by Gasteiger charge is 2.33. The van der Waals surface area contributed by atoms with Crippen molar-refractivity contribution in [2.24, 2.45) is 5.92 Å². The summed E-state index contributed by atoms with van der Waals surface area (Å²) >= 11 is 0. The summed E-state index contributed by atoms with van der Waals surface area (Å²) < 4.78 is 28.3. The van der Waals surface area contributed by atoms with Crippen LogP contribution < -0.4 is 15.4 Å². The fourth-order valence-corrected chi connectivity index (χ4v) is 4.69. The van der Waals surface area contributed by atoms with Crippen molar-refractivity contribution in [2.45, 2.75) is 36.5 Å². The number of nitrogens with zero attached hydrogens (tertiary/aromatic N) is 1. The van der Waals surface area contributed by atoms with Gasteiger partial charge in [0.25, 0.3) is 10.0 Å². The van der Waals surface area contributed by atoms with Crippen molar-refractivity contribution in [3.8, 4) is 0 Å². The SMILES string of the molecule is O=C(NC(CC1CC1)B(O)O)/C(=C/NS(=O)(=O)c1ccc(Nc2ccccn2)cc1)Cc1ccccc1. The molecule has 1 amide bonds. The monoisotopic (exact) mass is 520 g/mol. The lowest BCUT2D eigenvalue weighted by Gasteiger charge is -2.19. The van der Waals surface area contributed by atoms with E-state index in [4.69, 9.17) is 0 Å². The Hall–Kier alpha value is -3.67. The van der Waals surface area contributed by atoms with Gasteiger partial charge in [-0.3, -0.25) is 9.52 Å². The van der Waals surface area contributed by atoms with Gasteiger partial charge < -0.3 is 20.7 Å². The van der Waals surface area contributed by atoms with E-state index < -0.39 is 29.0 Å². The van der Waals surface area contributed by atoms with E-state index in [1.807, 2.05) is 36.4 Å². The Labute approximate surface area is 216 Å². The molecule has 3 aromatic rings. The fourth-order valence-electron chi connectivity index (χ4n) is 3.76. The summed E-state index contributed by atoms with van der Waals surface area (Å²) in [4.78, 5) is 17.3. The summed E-state index contributed by atoms with van der Waals surface area (Å²) in [6.07, 6.45) is 5.39. The first-order valence-electron chi connectivity index (χ1n) is 12.0. The van der Waals surface area contributed by atoms with E-state index in [0.717, 1.165) is 24.6 Å². The Morgan fingerprint density at radius 3 is 2.35 bits per heavy atom. The van der Waals surface area contributed by atoms with E-state index in [0.29, 0.717) is 23.8 Å². The molecule has 1 heterocycles.